The number of amides is 2. The van der Waals surface area contributed by atoms with E-state index in [1.807, 2.05) is 48.5 Å². The van der Waals surface area contributed by atoms with Crippen LogP contribution in [0.3, 0.4) is 0 Å². The lowest BCUT2D eigenvalue weighted by atomic mass is 9.92. The van der Waals surface area contributed by atoms with Gasteiger partial charge in [0, 0.05) is 18.2 Å². The Morgan fingerprint density at radius 3 is 2.23 bits per heavy atom. The van der Waals surface area contributed by atoms with Gasteiger partial charge in [0.25, 0.3) is 5.91 Å². The van der Waals surface area contributed by atoms with Crippen molar-refractivity contribution in [2.24, 2.45) is 0 Å². The van der Waals surface area contributed by atoms with Gasteiger partial charge in [-0.25, -0.2) is 9.18 Å². The Bertz CT molecular complexity index is 1600. The van der Waals surface area contributed by atoms with Gasteiger partial charge in [-0.15, -0.1) is 0 Å². The number of rotatable bonds is 4. The Morgan fingerprint density at radius 1 is 0.923 bits per heavy atom. The van der Waals surface area contributed by atoms with Gasteiger partial charge in [0.15, 0.2) is 0 Å². The highest BCUT2D eigenvalue weighted by Crippen LogP contribution is 2.44. The number of hydrogen-bond donors (Lipinski definition) is 1. The lowest BCUT2D eigenvalue weighted by Gasteiger charge is -2.35. The lowest BCUT2D eigenvalue weighted by Crippen LogP contribution is -2.45. The third kappa shape index (κ3) is 4.40. The van der Waals surface area contributed by atoms with E-state index < -0.39 is 23.9 Å². The van der Waals surface area contributed by atoms with Gasteiger partial charge in [-0.05, 0) is 58.0 Å². The normalized spacial score (nSPS) is 15.5. The molecule has 0 saturated carbocycles. The summed E-state index contributed by atoms with van der Waals surface area (Å²) in [6.07, 6.45) is -0.00661. The van der Waals surface area contributed by atoms with Gasteiger partial charge in [0.05, 0.1) is 5.56 Å². The molecule has 0 spiro atoms. The molecule has 39 heavy (non-hydrogen) atoms. The van der Waals surface area contributed by atoms with Gasteiger partial charge >= 0.3 is 6.09 Å². The lowest BCUT2D eigenvalue weighted by molar-refractivity contribution is -0.121. The summed E-state index contributed by atoms with van der Waals surface area (Å²) in [5.41, 5.74) is 6.22. The van der Waals surface area contributed by atoms with E-state index in [1.54, 1.807) is 6.07 Å². The first kappa shape index (κ1) is 24.4. The summed E-state index contributed by atoms with van der Waals surface area (Å²) in [4.78, 5) is 28.5. The van der Waals surface area contributed by atoms with Crippen LogP contribution in [-0.2, 0) is 16.0 Å². The van der Waals surface area contributed by atoms with Gasteiger partial charge < -0.3 is 10.1 Å². The second-order valence-electron chi connectivity index (χ2n) is 9.64. The number of fused-ring (bicyclic) bond motifs is 4. The van der Waals surface area contributed by atoms with Crippen LogP contribution >= 0.6 is 0 Å². The summed E-state index contributed by atoms with van der Waals surface area (Å²) in [5, 5.41) is 11.7. The molecule has 1 N–H and O–H groups in total. The van der Waals surface area contributed by atoms with E-state index >= 15 is 0 Å². The van der Waals surface area contributed by atoms with E-state index in [-0.39, 0.29) is 23.8 Å². The van der Waals surface area contributed by atoms with E-state index in [0.29, 0.717) is 18.5 Å². The minimum absolute atomic E-state index is 0.104. The molecular formula is C32H24FN3O3. The molecule has 192 valence electrons. The first-order valence-corrected chi connectivity index (χ1v) is 12.7. The first-order chi connectivity index (χ1) is 19.0. The third-order valence-corrected chi connectivity index (χ3v) is 7.46. The molecule has 0 bridgehead atoms. The number of nitrogens with zero attached hydrogens (tertiary/aromatic N) is 2. The summed E-state index contributed by atoms with van der Waals surface area (Å²) in [7, 11) is 0. The van der Waals surface area contributed by atoms with Crippen molar-refractivity contribution in [3.8, 4) is 17.2 Å². The Morgan fingerprint density at radius 2 is 1.56 bits per heavy atom. The van der Waals surface area contributed by atoms with Crippen LogP contribution in [0.1, 0.15) is 39.8 Å². The zero-order valence-electron chi connectivity index (χ0n) is 20.9. The number of ether oxygens (including phenoxy) is 1. The van der Waals surface area contributed by atoms with Crippen LogP contribution in [0.4, 0.5) is 14.9 Å². The molecule has 4 aromatic carbocycles. The molecule has 2 amide bonds. The standard InChI is InChI=1S/C32H24FN3O3/c33-29-17-22(14-13-21(29)18-34)35-31(37)30-23-8-2-1-7-20(23)15-16-36(30)32(38)39-19-28-26-11-5-3-9-24(26)25-10-4-6-12-27(25)28/h1-14,17,28,30H,15-16,19H2,(H,35,37)/t30-/m0/s1. The predicted octanol–water partition coefficient (Wildman–Crippen LogP) is 6.18. The second-order valence-corrected chi connectivity index (χ2v) is 9.64. The summed E-state index contributed by atoms with van der Waals surface area (Å²) in [5.74, 6) is -1.32. The van der Waals surface area contributed by atoms with Gasteiger partial charge in [0.2, 0.25) is 0 Å². The van der Waals surface area contributed by atoms with Crippen molar-refractivity contribution in [2.45, 2.75) is 18.4 Å². The fraction of sp³-hybridized carbons (Fsp3) is 0.156. The van der Waals surface area contributed by atoms with E-state index in [4.69, 9.17) is 10.00 Å². The molecular weight excluding hydrogens is 493 g/mol. The van der Waals surface area contributed by atoms with E-state index in [1.165, 1.54) is 17.0 Å². The Balaban J connectivity index is 1.25. The number of nitriles is 1. The molecule has 0 saturated heterocycles. The zero-order valence-corrected chi connectivity index (χ0v) is 20.9. The highest BCUT2D eigenvalue weighted by molar-refractivity contribution is 5.98. The maximum Gasteiger partial charge on any atom is 0.410 e. The van der Waals surface area contributed by atoms with Crippen LogP contribution in [0.2, 0.25) is 0 Å². The van der Waals surface area contributed by atoms with Crippen LogP contribution in [0.15, 0.2) is 91.0 Å². The highest BCUT2D eigenvalue weighted by Gasteiger charge is 2.38. The van der Waals surface area contributed by atoms with Crippen LogP contribution < -0.4 is 5.32 Å². The topological polar surface area (TPSA) is 82.4 Å². The SMILES string of the molecule is N#Cc1ccc(NC(=O)[C@@H]2c3ccccc3CCN2C(=O)OCC2c3ccccc3-c3ccccc32)cc1F. The average Bonchev–Trinajstić information content (AvgIpc) is 3.29. The fourth-order valence-corrected chi connectivity index (χ4v) is 5.62. The molecule has 0 aromatic heterocycles. The Kier molecular flexibility index (Phi) is 6.29. The maximum absolute atomic E-state index is 14.2. The average molecular weight is 518 g/mol. The van der Waals surface area contributed by atoms with Crippen molar-refractivity contribution in [3.63, 3.8) is 0 Å². The molecule has 6 nitrogen and oxygen atoms in total. The zero-order chi connectivity index (χ0) is 26.9. The first-order valence-electron chi connectivity index (χ1n) is 12.7. The fourth-order valence-electron chi connectivity index (χ4n) is 5.62. The summed E-state index contributed by atoms with van der Waals surface area (Å²) in [6, 6.07) is 28.4. The van der Waals surface area contributed by atoms with Gasteiger partial charge in [-0.2, -0.15) is 5.26 Å². The smallest absolute Gasteiger partial charge is 0.410 e. The van der Waals surface area contributed by atoms with Crippen molar-refractivity contribution in [1.29, 1.82) is 5.26 Å². The number of carbonyl (C=O) groups is 2. The molecule has 1 aliphatic heterocycles. The minimum Gasteiger partial charge on any atom is -0.448 e. The molecule has 1 heterocycles. The van der Waals surface area contributed by atoms with Crippen molar-refractivity contribution < 1.29 is 18.7 Å². The van der Waals surface area contributed by atoms with Gasteiger partial charge in [-0.1, -0.05) is 72.8 Å². The summed E-state index contributed by atoms with van der Waals surface area (Å²) in [6.45, 7) is 0.438. The monoisotopic (exact) mass is 517 g/mol. The van der Waals surface area contributed by atoms with E-state index in [9.17, 15) is 14.0 Å². The third-order valence-electron chi connectivity index (χ3n) is 7.46. The van der Waals surface area contributed by atoms with E-state index in [0.717, 1.165) is 33.9 Å². The number of benzene rings is 4. The Labute approximate surface area is 225 Å². The number of hydrogen-bond acceptors (Lipinski definition) is 4. The van der Waals surface area contributed by atoms with Crippen LogP contribution in [0.5, 0.6) is 0 Å². The minimum atomic E-state index is -0.954. The van der Waals surface area contributed by atoms with Crippen LogP contribution in [0, 0.1) is 17.1 Å². The largest absolute Gasteiger partial charge is 0.448 e. The van der Waals surface area contributed by atoms with Crippen molar-refractivity contribution >= 4 is 17.7 Å². The van der Waals surface area contributed by atoms with Gasteiger partial charge in [-0.3, -0.25) is 9.69 Å². The molecule has 4 aromatic rings. The number of carbonyl (C=O) groups excluding carboxylic acids is 2. The highest BCUT2D eigenvalue weighted by atomic mass is 19.1. The summed E-state index contributed by atoms with van der Waals surface area (Å²) >= 11 is 0. The molecule has 1 atom stereocenters. The Hall–Kier alpha value is -4.96. The predicted molar refractivity (Wildman–Crippen MR) is 144 cm³/mol. The van der Waals surface area contributed by atoms with Crippen molar-refractivity contribution in [3.05, 3.63) is 125 Å². The van der Waals surface area contributed by atoms with Crippen LogP contribution in [0.25, 0.3) is 11.1 Å². The molecule has 0 unspecified atom stereocenters. The van der Waals surface area contributed by atoms with Crippen molar-refractivity contribution in [1.82, 2.24) is 4.90 Å². The summed E-state index contributed by atoms with van der Waals surface area (Å²) < 4.78 is 20.1. The number of anilines is 1. The van der Waals surface area contributed by atoms with Gasteiger partial charge in [0.1, 0.15) is 24.5 Å². The molecule has 0 fully saturated rings. The number of nitrogens with one attached hydrogen (secondary N) is 1. The molecule has 2 aliphatic rings. The molecule has 7 heteroatoms. The van der Waals surface area contributed by atoms with E-state index in [2.05, 4.69) is 29.6 Å². The quantitative estimate of drug-likeness (QED) is 0.350. The number of halogens is 1. The van der Waals surface area contributed by atoms with Crippen LogP contribution in [-0.4, -0.2) is 30.1 Å². The molecule has 6 rings (SSSR count). The maximum atomic E-state index is 14.2. The second kappa shape index (κ2) is 10.1. The molecule has 1 aliphatic carbocycles. The molecule has 0 radical (unpaired) electrons. The van der Waals surface area contributed by atoms with Crippen molar-refractivity contribution in [2.75, 3.05) is 18.5 Å².